The summed E-state index contributed by atoms with van der Waals surface area (Å²) < 4.78 is 50.2. The van der Waals surface area contributed by atoms with Gasteiger partial charge in [-0.25, -0.2) is 42.5 Å². The third-order valence-corrected chi connectivity index (χ3v) is 34.1. The molecule has 776 valence electrons. The number of hydrogen-bond donors (Lipinski definition) is 6. The number of ether oxygens (including phenoxy) is 5. The van der Waals surface area contributed by atoms with Gasteiger partial charge < -0.3 is 44.9 Å². The lowest BCUT2D eigenvalue weighted by Crippen LogP contribution is -2.57. The molecule has 1 fully saturated rings. The van der Waals surface area contributed by atoms with E-state index >= 15 is 0 Å². The number of nitrogens with zero attached hydrogens (tertiary/aromatic N) is 1. The first kappa shape index (κ1) is 117. The van der Waals surface area contributed by atoms with Gasteiger partial charge in [-0.05, 0) is 276 Å². The number of thiocarbonyl (C=S) groups is 1. The van der Waals surface area contributed by atoms with Crippen molar-refractivity contribution in [3.63, 3.8) is 0 Å². The largest absolute Gasteiger partial charge is 0.477 e. The Morgan fingerprint density at radius 1 is 0.415 bits per heavy atom. The third-order valence-electron chi connectivity index (χ3n) is 21.6. The fraction of sp³-hybridized carbons (Fsp3) is 0.342. The van der Waals surface area contributed by atoms with Crippen LogP contribution in [0.2, 0.25) is 0 Å². The molecule has 1 unspecified atom stereocenters. The van der Waals surface area contributed by atoms with Crippen LogP contribution in [-0.2, 0) is 81.9 Å². The number of esters is 4. The second-order valence-electron chi connectivity index (χ2n) is 40.6. The number of nitrogens with one attached hydrogen (secondary N) is 3. The lowest BCUT2D eigenvalue weighted by molar-refractivity contribution is -0.157. The number of nitrogens with two attached hydrogens (primary N) is 1. The van der Waals surface area contributed by atoms with E-state index < -0.39 is 73.9 Å². The highest BCUT2D eigenvalue weighted by Crippen LogP contribution is 2.46. The summed E-state index contributed by atoms with van der Waals surface area (Å²) in [5, 5.41) is 39.4. The van der Waals surface area contributed by atoms with Gasteiger partial charge in [0, 0.05) is 47.5 Å². The molecule has 1 aliphatic heterocycles. The quantitative estimate of drug-likeness (QED) is 0.0102. The summed E-state index contributed by atoms with van der Waals surface area (Å²) >= 11 is 15.4. The predicted molar refractivity (Wildman–Crippen MR) is 610 cm³/mol. The number of ketones is 3. The van der Waals surface area contributed by atoms with Gasteiger partial charge in [-0.2, -0.15) is 15.7 Å². The number of thiophene rings is 7. The number of hydrogen-bond acceptors (Lipinski definition) is 26. The van der Waals surface area contributed by atoms with Crippen molar-refractivity contribution in [1.82, 2.24) is 15.4 Å². The number of carboxylic acids is 2. The van der Waals surface area contributed by atoms with Crippen LogP contribution < -0.4 is 21.1 Å². The zero-order chi connectivity index (χ0) is 108. The van der Waals surface area contributed by atoms with Gasteiger partial charge in [-0.3, -0.25) is 19.7 Å². The van der Waals surface area contributed by atoms with E-state index in [2.05, 4.69) is 69.0 Å². The summed E-state index contributed by atoms with van der Waals surface area (Å²) in [6, 6.07) is 79.2. The Kier molecular flexibility index (Phi) is 41.4. The number of rotatable bonds is 25. The van der Waals surface area contributed by atoms with E-state index in [4.69, 9.17) is 51.8 Å². The Morgan fingerprint density at radius 2 is 0.735 bits per heavy atom. The van der Waals surface area contributed by atoms with Crippen LogP contribution in [0.15, 0.2) is 243 Å². The summed E-state index contributed by atoms with van der Waals surface area (Å²) in [6.07, 6.45) is 1.96. The fourth-order valence-electron chi connectivity index (χ4n) is 15.5. The van der Waals surface area contributed by atoms with Gasteiger partial charge in [-0.15, -0.1) is 79.4 Å². The molecule has 23 nitrogen and oxygen atoms in total. The molecule has 0 aliphatic carbocycles. The first-order valence-electron chi connectivity index (χ1n) is 47.8. The smallest absolute Gasteiger partial charge is 0.413 e. The minimum atomic E-state index is -1.44. The zero-order valence-corrected chi connectivity index (χ0v) is 94.3. The van der Waals surface area contributed by atoms with E-state index in [9.17, 15) is 57.4 Å². The fourth-order valence-corrected chi connectivity index (χ4v) is 26.4. The van der Waals surface area contributed by atoms with Crippen molar-refractivity contribution in [2.75, 3.05) is 11.5 Å². The van der Waals surface area contributed by atoms with E-state index in [0.29, 0.717) is 38.8 Å². The Labute approximate surface area is 896 Å². The highest BCUT2D eigenvalue weighted by molar-refractivity contribution is 8.17. The average molecular weight is 2180 g/mol. The number of alkyl carbamates (subject to hydrolysis) is 1. The molecule has 16 rings (SSSR count). The first-order chi connectivity index (χ1) is 69.2. The number of carbonyl (C=O) groups excluding carboxylic acids is 8. The minimum absolute atomic E-state index is 0.00882. The molecule has 147 heavy (non-hydrogen) atoms. The van der Waals surface area contributed by atoms with Crippen molar-refractivity contribution in [2.24, 2.45) is 22.0 Å². The van der Waals surface area contributed by atoms with Crippen LogP contribution in [0.25, 0.3) is 70.6 Å². The van der Waals surface area contributed by atoms with Crippen LogP contribution in [0.3, 0.4) is 0 Å². The van der Waals surface area contributed by atoms with Gasteiger partial charge >= 0.3 is 41.9 Å². The van der Waals surface area contributed by atoms with Gasteiger partial charge in [0.2, 0.25) is 5.78 Å². The topological polar surface area (TPSA) is 360 Å². The highest BCUT2D eigenvalue weighted by atomic mass is 32.2. The molecule has 15 aromatic rings. The highest BCUT2D eigenvalue weighted by Gasteiger charge is 2.51. The molecule has 33 heteroatoms. The second-order valence-corrected chi connectivity index (χ2v) is 52.8. The van der Waals surface area contributed by atoms with Gasteiger partial charge in [0.25, 0.3) is 11.6 Å². The molecule has 7 N–H and O–H groups in total. The number of aliphatic carboxylic acids is 1. The summed E-state index contributed by atoms with van der Waals surface area (Å²) in [5.41, 5.74) is 3.33. The van der Waals surface area contributed by atoms with Gasteiger partial charge in [-0.1, -0.05) is 220 Å². The molecule has 0 spiro atoms. The van der Waals surface area contributed by atoms with E-state index in [1.807, 2.05) is 301 Å². The number of aromatic carboxylic acids is 1. The van der Waals surface area contributed by atoms with Crippen molar-refractivity contribution >= 4 is 253 Å². The molecule has 1 saturated heterocycles. The molecular weight excluding hydrogens is 2050 g/mol. The maximum atomic E-state index is 13.7. The van der Waals surface area contributed by atoms with Crippen molar-refractivity contribution in [1.29, 1.82) is 5.26 Å². The second kappa shape index (κ2) is 51.9. The van der Waals surface area contributed by atoms with Crippen LogP contribution >= 0.6 is 102 Å². The summed E-state index contributed by atoms with van der Waals surface area (Å²) in [7, 11) is -1.55. The molecule has 7 aromatic heterocycles. The van der Waals surface area contributed by atoms with E-state index in [0.717, 1.165) is 115 Å². The Hall–Kier alpha value is -11.8. The summed E-state index contributed by atoms with van der Waals surface area (Å²) in [4.78, 5) is 125. The lowest BCUT2D eigenvalue weighted by atomic mass is 9.78. The van der Waals surface area contributed by atoms with E-state index in [1.165, 1.54) is 56.7 Å². The van der Waals surface area contributed by atoms with E-state index in [-0.39, 0.29) is 85.5 Å². The van der Waals surface area contributed by atoms with Crippen LogP contribution in [0.5, 0.6) is 0 Å². The lowest BCUT2D eigenvalue weighted by Gasteiger charge is -2.38. The molecular formula is C114H127N5O18S10. The predicted octanol–water partition coefficient (Wildman–Crippen LogP) is 27.9. The number of carbonyl (C=O) groups is 10. The van der Waals surface area contributed by atoms with Gasteiger partial charge in [0.05, 0.1) is 54.8 Å². The monoisotopic (exact) mass is 2170 g/mol. The van der Waals surface area contributed by atoms with Crippen LogP contribution in [0.1, 0.15) is 229 Å². The summed E-state index contributed by atoms with van der Waals surface area (Å²) in [6.45, 7) is 38.9. The molecule has 8 heterocycles. The Balaban J connectivity index is 0.000000180. The third kappa shape index (κ3) is 33.4. The number of nitriles is 1. The molecule has 0 saturated carbocycles. The Morgan fingerprint density at radius 3 is 1.10 bits per heavy atom. The number of benzene rings is 8. The Bertz CT molecular complexity index is 7080. The minimum Gasteiger partial charge on any atom is -0.477 e. The number of amides is 1. The van der Waals surface area contributed by atoms with Crippen molar-refractivity contribution < 1.29 is 86.1 Å². The SMILES string of the molecule is CC(C)OC(=O)C(=O)c1cc2ccccc2s1.CC(C)OC(=O)[C@@](N)(CC(C)(C)C)c1cc2ccccc2s1.CC(C)OC(=O)[C@](CC(C)(C)C)(NC(=S)NC(=O)OCc1ccccc1)c1cc2ccccc2s1.CC(C)OC(=O)[C@](CC(C)(C)C)(NS(=O)C(C)(C)C)c1cc2ccccc2s1.N#CC(C(=O)c1cc2ccccc2s1)=S1CCCC1.O=C(O)C(=O)c1cc2ccccc2s1.O=C(O)c1cc2ccccc2s1. The number of Topliss-reactive ketones (excluding diaryl/α,β-unsaturated/α-hetero) is 3. The molecule has 0 radical (unpaired) electrons. The van der Waals surface area contributed by atoms with Crippen LogP contribution in [0.4, 0.5) is 4.79 Å². The maximum absolute atomic E-state index is 13.7. The van der Waals surface area contributed by atoms with Crippen molar-refractivity contribution in [3.8, 4) is 6.07 Å². The molecule has 1 aliphatic rings. The maximum Gasteiger partial charge on any atom is 0.413 e. The van der Waals surface area contributed by atoms with Gasteiger partial charge in [0.1, 0.15) is 28.0 Å². The molecule has 0 bridgehead atoms. The van der Waals surface area contributed by atoms with Crippen LogP contribution in [-0.4, -0.2) is 124 Å². The average Bonchev–Trinajstić information content (AvgIpc) is 1.65. The van der Waals surface area contributed by atoms with Gasteiger partial charge in [0.15, 0.2) is 16.2 Å². The zero-order valence-electron chi connectivity index (χ0n) is 86.1. The number of carboxylic acid groups (broad SMARTS) is 2. The van der Waals surface area contributed by atoms with E-state index in [1.54, 1.807) is 54.7 Å². The van der Waals surface area contributed by atoms with Crippen molar-refractivity contribution in [3.05, 3.63) is 282 Å². The molecule has 8 aromatic carbocycles. The van der Waals surface area contributed by atoms with Crippen LogP contribution in [0, 0.1) is 27.6 Å². The molecule has 4 atom stereocenters. The molecule has 1 amide bonds. The van der Waals surface area contributed by atoms with Crippen molar-refractivity contribution in [2.45, 2.75) is 223 Å². The number of fused-ring (bicyclic) bond motifs is 7. The first-order valence-corrected chi connectivity index (χ1v) is 56.6. The standard InChI is InChI=1S/C27H32N2O4S2.C22H33NO3S2.C18H25NO2S.C15H13NOS2.C13H12O3S.C10H6O3S.C9H6O2S/c1-18(2)33-23(30)27(17-26(3,4)5,22-15-20-13-9-10-14-21(20)35-22)29-24(34)28-25(31)32-16-19-11-7-6-8-12-19;1-15(2)26-19(24)22(14-20(3,4)5,23-28(25)21(6,7)8)18-13-16-11-9-10-12-17(16)27-18;1-12(2)21-16(20)18(19,11-17(3,4)5)15-10-13-8-6-7-9-14(13)22-15;16-10-14(19-7-3-4-8-19)15(17)13-9-11-5-1-2-6-12(11)18-13;1-8(2)16-13(15)12(14)11-7-9-5-3-4-6-10(9)17-11;11-9(10(12)13)8-5-6-3-1-2-4-7(6)14-8;10-9(11)8-5-6-3-1-2-4-7(6)12-8/h6-15,18H,16-17H2,1-5H3,(H2,28,29,31,34);9-13,15,23H,14H2,1-8H3;6-10,12H,11,19H2,1-5H3;1-2,5-6,9H,3-4,7-8H2;3-8H,1-2H3;1-5H,(H,12,13);1-5H,(H,10,11)/t27-;22-,28?;18-;;;;/m111..../s1. The normalized spacial score (nSPS) is 13.6. The summed E-state index contributed by atoms with van der Waals surface area (Å²) in [5.74, 6) is -3.64.